The number of benzene rings is 2. The number of carbonyl (C=O) groups excluding carboxylic acids is 2. The number of aromatic amines is 1. The zero-order valence-electron chi connectivity index (χ0n) is 13.4. The second-order valence-electron chi connectivity index (χ2n) is 5.55. The molecule has 0 radical (unpaired) electrons. The summed E-state index contributed by atoms with van der Waals surface area (Å²) in [5.74, 6) is -0.854. The van der Waals surface area contributed by atoms with E-state index >= 15 is 0 Å². The minimum Gasteiger partial charge on any atom is -0.452 e. The van der Waals surface area contributed by atoms with Crippen LogP contribution in [0.3, 0.4) is 0 Å². The lowest BCUT2D eigenvalue weighted by molar-refractivity contribution is -0.124. The van der Waals surface area contributed by atoms with E-state index in [4.69, 9.17) is 16.3 Å². The molecule has 5 nitrogen and oxygen atoms in total. The maximum absolute atomic E-state index is 12.1. The van der Waals surface area contributed by atoms with E-state index in [0.29, 0.717) is 23.6 Å². The average molecular weight is 357 g/mol. The Hall–Kier alpha value is -2.79. The Morgan fingerprint density at radius 1 is 1.08 bits per heavy atom. The first-order valence-electron chi connectivity index (χ1n) is 7.88. The smallest absolute Gasteiger partial charge is 0.340 e. The molecular formula is C19H17ClN2O3. The van der Waals surface area contributed by atoms with Crippen LogP contribution < -0.4 is 5.32 Å². The molecule has 3 rings (SSSR count). The van der Waals surface area contributed by atoms with Crippen LogP contribution in [0.2, 0.25) is 5.02 Å². The van der Waals surface area contributed by atoms with Crippen LogP contribution in [0.25, 0.3) is 10.9 Å². The molecule has 0 bridgehead atoms. The lowest BCUT2D eigenvalue weighted by atomic mass is 10.1. The first kappa shape index (κ1) is 17.0. The van der Waals surface area contributed by atoms with Crippen molar-refractivity contribution in [2.75, 3.05) is 13.2 Å². The third-order valence-electron chi connectivity index (χ3n) is 3.79. The van der Waals surface area contributed by atoms with Crippen molar-refractivity contribution in [3.8, 4) is 0 Å². The average Bonchev–Trinajstić information content (AvgIpc) is 3.05. The molecule has 0 aliphatic carbocycles. The molecule has 3 aromatic rings. The third-order valence-corrected chi connectivity index (χ3v) is 4.04. The summed E-state index contributed by atoms with van der Waals surface area (Å²) in [6.07, 6.45) is 2.27. The number of ether oxygens (including phenoxy) is 1. The highest BCUT2D eigenvalue weighted by Crippen LogP contribution is 2.18. The van der Waals surface area contributed by atoms with Crippen molar-refractivity contribution in [1.82, 2.24) is 10.3 Å². The summed E-state index contributed by atoms with van der Waals surface area (Å²) in [5.41, 5.74) is 2.34. The molecule has 0 unspecified atom stereocenters. The van der Waals surface area contributed by atoms with E-state index in [2.05, 4.69) is 10.3 Å². The molecule has 25 heavy (non-hydrogen) atoms. The maximum Gasteiger partial charge on any atom is 0.340 e. The standard InChI is InChI=1S/C19H17ClN2O3/c20-14-7-5-13(6-8-14)9-10-21-18(23)12-25-19(24)16-11-22-17-4-2-1-3-15(16)17/h1-8,11,22H,9-10,12H2,(H,21,23). The Kier molecular flexibility index (Phi) is 5.36. The fourth-order valence-corrected chi connectivity index (χ4v) is 2.62. The van der Waals surface area contributed by atoms with Gasteiger partial charge in [-0.3, -0.25) is 4.79 Å². The summed E-state index contributed by atoms with van der Waals surface area (Å²) < 4.78 is 5.09. The highest BCUT2D eigenvalue weighted by molar-refractivity contribution is 6.30. The van der Waals surface area contributed by atoms with Crippen LogP contribution in [0.5, 0.6) is 0 Å². The summed E-state index contributed by atoms with van der Waals surface area (Å²) in [6, 6.07) is 14.9. The molecule has 0 aliphatic rings. The van der Waals surface area contributed by atoms with Gasteiger partial charge in [0, 0.05) is 28.7 Å². The van der Waals surface area contributed by atoms with Gasteiger partial charge in [-0.05, 0) is 30.2 Å². The van der Waals surface area contributed by atoms with E-state index in [1.165, 1.54) is 0 Å². The van der Waals surface area contributed by atoms with Gasteiger partial charge in [0.15, 0.2) is 6.61 Å². The van der Waals surface area contributed by atoms with Crippen LogP contribution in [0.4, 0.5) is 0 Å². The van der Waals surface area contributed by atoms with Gasteiger partial charge in [0.25, 0.3) is 5.91 Å². The largest absolute Gasteiger partial charge is 0.452 e. The van der Waals surface area contributed by atoms with Crippen LogP contribution in [-0.2, 0) is 16.0 Å². The molecular weight excluding hydrogens is 340 g/mol. The second-order valence-corrected chi connectivity index (χ2v) is 5.99. The fourth-order valence-electron chi connectivity index (χ4n) is 2.50. The van der Waals surface area contributed by atoms with Crippen LogP contribution in [0.15, 0.2) is 54.7 Å². The number of halogens is 1. The van der Waals surface area contributed by atoms with E-state index in [-0.39, 0.29) is 12.5 Å². The van der Waals surface area contributed by atoms with Crippen LogP contribution in [0, 0.1) is 0 Å². The Balaban J connectivity index is 1.45. The molecule has 0 aliphatic heterocycles. The number of carbonyl (C=O) groups is 2. The van der Waals surface area contributed by atoms with Crippen molar-refractivity contribution in [3.05, 3.63) is 70.9 Å². The second kappa shape index (κ2) is 7.85. The van der Waals surface area contributed by atoms with Crippen molar-refractivity contribution >= 4 is 34.4 Å². The number of rotatable bonds is 6. The first-order chi connectivity index (χ1) is 12.1. The minimum absolute atomic E-state index is 0.307. The van der Waals surface area contributed by atoms with Crippen molar-refractivity contribution in [2.45, 2.75) is 6.42 Å². The first-order valence-corrected chi connectivity index (χ1v) is 8.25. The van der Waals surface area contributed by atoms with Gasteiger partial charge in [0.05, 0.1) is 5.56 Å². The zero-order chi connectivity index (χ0) is 17.6. The van der Waals surface area contributed by atoms with Crippen LogP contribution >= 0.6 is 11.6 Å². The summed E-state index contributed by atoms with van der Waals surface area (Å²) >= 11 is 5.83. The predicted molar refractivity (Wildman–Crippen MR) is 96.7 cm³/mol. The molecule has 0 fully saturated rings. The van der Waals surface area contributed by atoms with E-state index in [0.717, 1.165) is 16.5 Å². The molecule has 1 amide bonds. The van der Waals surface area contributed by atoms with Gasteiger partial charge in [-0.1, -0.05) is 41.9 Å². The van der Waals surface area contributed by atoms with Gasteiger partial charge < -0.3 is 15.0 Å². The van der Waals surface area contributed by atoms with Gasteiger partial charge in [0.2, 0.25) is 0 Å². The quantitative estimate of drug-likeness (QED) is 0.665. The third kappa shape index (κ3) is 4.39. The van der Waals surface area contributed by atoms with Crippen molar-refractivity contribution in [1.29, 1.82) is 0 Å². The number of fused-ring (bicyclic) bond motifs is 1. The topological polar surface area (TPSA) is 71.2 Å². The minimum atomic E-state index is -0.523. The lowest BCUT2D eigenvalue weighted by Crippen LogP contribution is -2.30. The highest BCUT2D eigenvalue weighted by atomic mass is 35.5. The number of amides is 1. The lowest BCUT2D eigenvalue weighted by Gasteiger charge is -2.06. The van der Waals surface area contributed by atoms with Gasteiger partial charge >= 0.3 is 5.97 Å². The highest BCUT2D eigenvalue weighted by Gasteiger charge is 2.14. The molecule has 0 spiro atoms. The Morgan fingerprint density at radius 2 is 1.84 bits per heavy atom. The van der Waals surface area contributed by atoms with Crippen molar-refractivity contribution in [3.63, 3.8) is 0 Å². The molecule has 0 atom stereocenters. The maximum atomic E-state index is 12.1. The number of hydrogen-bond donors (Lipinski definition) is 2. The molecule has 2 N–H and O–H groups in total. The Labute approximate surface area is 149 Å². The zero-order valence-corrected chi connectivity index (χ0v) is 14.2. The number of para-hydroxylation sites is 1. The van der Waals surface area contributed by atoms with E-state index in [9.17, 15) is 9.59 Å². The molecule has 2 aromatic carbocycles. The molecule has 128 valence electrons. The Morgan fingerprint density at radius 3 is 2.64 bits per heavy atom. The molecule has 0 saturated carbocycles. The molecule has 1 heterocycles. The van der Waals surface area contributed by atoms with Gasteiger partial charge in [0.1, 0.15) is 0 Å². The molecule has 1 aromatic heterocycles. The fraction of sp³-hybridized carbons (Fsp3) is 0.158. The van der Waals surface area contributed by atoms with E-state index < -0.39 is 5.97 Å². The van der Waals surface area contributed by atoms with E-state index in [1.54, 1.807) is 6.20 Å². The predicted octanol–water partition coefficient (Wildman–Crippen LogP) is 3.34. The molecule has 0 saturated heterocycles. The van der Waals surface area contributed by atoms with Gasteiger partial charge in [-0.15, -0.1) is 0 Å². The summed E-state index contributed by atoms with van der Waals surface area (Å²) in [6.45, 7) is 0.157. The van der Waals surface area contributed by atoms with Crippen molar-refractivity contribution in [2.24, 2.45) is 0 Å². The van der Waals surface area contributed by atoms with E-state index in [1.807, 2.05) is 48.5 Å². The van der Waals surface area contributed by atoms with Crippen molar-refractivity contribution < 1.29 is 14.3 Å². The Bertz CT molecular complexity index is 887. The van der Waals surface area contributed by atoms with Gasteiger partial charge in [-0.2, -0.15) is 0 Å². The van der Waals surface area contributed by atoms with Gasteiger partial charge in [-0.25, -0.2) is 4.79 Å². The van der Waals surface area contributed by atoms with Crippen LogP contribution in [0.1, 0.15) is 15.9 Å². The summed E-state index contributed by atoms with van der Waals surface area (Å²) in [4.78, 5) is 26.9. The number of H-pyrrole nitrogens is 1. The SMILES string of the molecule is O=C(COC(=O)c1c[nH]c2ccccc12)NCCc1ccc(Cl)cc1. The monoisotopic (exact) mass is 356 g/mol. The molecule has 6 heteroatoms. The number of esters is 1. The van der Waals surface area contributed by atoms with Crippen LogP contribution in [-0.4, -0.2) is 30.0 Å². The normalized spacial score (nSPS) is 10.6. The summed E-state index contributed by atoms with van der Waals surface area (Å²) in [7, 11) is 0. The summed E-state index contributed by atoms with van der Waals surface area (Å²) in [5, 5.41) is 4.18. The number of aromatic nitrogens is 1. The number of nitrogens with one attached hydrogen (secondary N) is 2. The number of hydrogen-bond acceptors (Lipinski definition) is 3.